The number of hydrogen-bond donors (Lipinski definition) is 1. The van der Waals surface area contributed by atoms with E-state index >= 15 is 0 Å². The van der Waals surface area contributed by atoms with Gasteiger partial charge >= 0.3 is 5.97 Å². The van der Waals surface area contributed by atoms with Crippen molar-refractivity contribution < 1.29 is 23.2 Å². The molecule has 0 saturated carbocycles. The molecule has 2 bridgehead atoms. The number of hydrogen-bond acceptors (Lipinski definition) is 5. The average molecular weight is 326 g/mol. The predicted octanol–water partition coefficient (Wildman–Crippen LogP) is 1.22. The third-order valence-electron chi connectivity index (χ3n) is 4.41. The maximum atomic E-state index is 12.7. The topological polar surface area (TPSA) is 118 Å². The van der Waals surface area contributed by atoms with Gasteiger partial charge in [0, 0.05) is 24.2 Å². The van der Waals surface area contributed by atoms with Crippen LogP contribution in [0, 0.1) is 16.0 Å². The fraction of sp³-hybridized carbons (Fsp3) is 0.462. The first-order valence-corrected chi connectivity index (χ1v) is 8.27. The molecule has 2 fully saturated rings. The maximum Gasteiger partial charge on any atom is 0.308 e. The van der Waals surface area contributed by atoms with Crippen molar-refractivity contribution in [2.75, 3.05) is 0 Å². The van der Waals surface area contributed by atoms with Crippen LogP contribution in [0.1, 0.15) is 19.3 Å². The van der Waals surface area contributed by atoms with E-state index in [4.69, 9.17) is 0 Å². The van der Waals surface area contributed by atoms with Gasteiger partial charge in [0.1, 0.15) is 0 Å². The molecule has 2 heterocycles. The van der Waals surface area contributed by atoms with E-state index in [1.54, 1.807) is 0 Å². The largest absolute Gasteiger partial charge is 0.481 e. The zero-order valence-electron chi connectivity index (χ0n) is 11.5. The van der Waals surface area contributed by atoms with E-state index in [-0.39, 0.29) is 16.6 Å². The van der Waals surface area contributed by atoms with E-state index in [0.29, 0.717) is 19.3 Å². The molecule has 0 spiro atoms. The number of carboxylic acids is 1. The second kappa shape index (κ2) is 5.03. The van der Waals surface area contributed by atoms with E-state index in [0.717, 1.165) is 12.1 Å². The van der Waals surface area contributed by atoms with Crippen LogP contribution in [0.3, 0.4) is 0 Å². The van der Waals surface area contributed by atoms with Crippen LogP contribution in [0.5, 0.6) is 0 Å². The van der Waals surface area contributed by atoms with Crippen LogP contribution in [0.4, 0.5) is 5.69 Å². The van der Waals surface area contributed by atoms with Crippen LogP contribution in [0.2, 0.25) is 0 Å². The third-order valence-corrected chi connectivity index (χ3v) is 6.40. The Hall–Kier alpha value is -2.00. The minimum absolute atomic E-state index is 0.0407. The molecule has 118 valence electrons. The van der Waals surface area contributed by atoms with Gasteiger partial charge < -0.3 is 5.11 Å². The van der Waals surface area contributed by atoms with E-state index in [2.05, 4.69) is 0 Å². The Morgan fingerprint density at radius 3 is 2.41 bits per heavy atom. The molecule has 22 heavy (non-hydrogen) atoms. The summed E-state index contributed by atoms with van der Waals surface area (Å²) >= 11 is 0. The zero-order valence-corrected chi connectivity index (χ0v) is 12.3. The van der Waals surface area contributed by atoms with Crippen LogP contribution < -0.4 is 0 Å². The van der Waals surface area contributed by atoms with Crippen LogP contribution in [0.25, 0.3) is 0 Å². The Morgan fingerprint density at radius 2 is 1.91 bits per heavy atom. The van der Waals surface area contributed by atoms with E-state index in [1.807, 2.05) is 0 Å². The van der Waals surface area contributed by atoms with Gasteiger partial charge in [-0.05, 0) is 31.4 Å². The second-order valence-electron chi connectivity index (χ2n) is 5.56. The number of sulfonamides is 1. The number of rotatable bonds is 4. The van der Waals surface area contributed by atoms with E-state index in [9.17, 15) is 28.4 Å². The highest BCUT2D eigenvalue weighted by molar-refractivity contribution is 7.89. The fourth-order valence-electron chi connectivity index (χ4n) is 3.44. The van der Waals surface area contributed by atoms with Crippen molar-refractivity contribution in [2.24, 2.45) is 5.92 Å². The number of nitro benzene ring substituents is 1. The van der Waals surface area contributed by atoms with Gasteiger partial charge in [-0.15, -0.1) is 0 Å². The molecular weight excluding hydrogens is 312 g/mol. The molecule has 3 atom stereocenters. The molecule has 0 amide bonds. The molecule has 0 radical (unpaired) electrons. The second-order valence-corrected chi connectivity index (χ2v) is 7.41. The Bertz CT molecular complexity index is 729. The van der Waals surface area contributed by atoms with Gasteiger partial charge in [-0.2, -0.15) is 4.31 Å². The molecule has 9 heteroatoms. The smallest absolute Gasteiger partial charge is 0.308 e. The van der Waals surface area contributed by atoms with Crippen LogP contribution in [-0.4, -0.2) is 40.8 Å². The molecule has 2 aliphatic heterocycles. The number of nitrogens with zero attached hydrogens (tertiary/aromatic N) is 2. The Kier molecular flexibility index (Phi) is 3.41. The summed E-state index contributed by atoms with van der Waals surface area (Å²) in [6, 6.07) is 3.84. The summed E-state index contributed by atoms with van der Waals surface area (Å²) in [5.41, 5.74) is -0.188. The number of non-ortho nitro benzene ring substituents is 1. The highest BCUT2D eigenvalue weighted by Gasteiger charge is 2.54. The first-order valence-electron chi connectivity index (χ1n) is 6.83. The van der Waals surface area contributed by atoms with Crippen molar-refractivity contribution in [1.29, 1.82) is 0 Å². The zero-order chi connectivity index (χ0) is 16.1. The first-order chi connectivity index (χ1) is 10.3. The van der Waals surface area contributed by atoms with Crippen molar-refractivity contribution in [3.63, 3.8) is 0 Å². The quantitative estimate of drug-likeness (QED) is 0.656. The third kappa shape index (κ3) is 2.17. The van der Waals surface area contributed by atoms with E-state index < -0.39 is 32.9 Å². The first kappa shape index (κ1) is 14.9. The summed E-state index contributed by atoms with van der Waals surface area (Å²) in [5, 5.41) is 19.8. The number of aliphatic carboxylic acids is 1. The lowest BCUT2D eigenvalue weighted by atomic mass is 9.89. The lowest BCUT2D eigenvalue weighted by Crippen LogP contribution is -2.37. The normalized spacial score (nSPS) is 27.9. The van der Waals surface area contributed by atoms with Crippen molar-refractivity contribution in [3.8, 4) is 0 Å². The number of carbonyl (C=O) groups is 1. The molecule has 3 unspecified atom stereocenters. The summed E-state index contributed by atoms with van der Waals surface area (Å²) in [7, 11) is -3.84. The Morgan fingerprint density at radius 1 is 1.27 bits per heavy atom. The highest BCUT2D eigenvalue weighted by Crippen LogP contribution is 2.45. The molecule has 1 N–H and O–H groups in total. The minimum Gasteiger partial charge on any atom is -0.481 e. The lowest BCUT2D eigenvalue weighted by molar-refractivity contribution is -0.384. The summed E-state index contributed by atoms with van der Waals surface area (Å²) in [6.07, 6.45) is 1.51. The molecule has 1 aromatic rings. The average Bonchev–Trinajstić information content (AvgIpc) is 3.05. The number of benzene rings is 1. The highest BCUT2D eigenvalue weighted by atomic mass is 32.2. The molecule has 3 rings (SSSR count). The summed E-state index contributed by atoms with van der Waals surface area (Å²) < 4.78 is 26.7. The molecule has 1 aromatic carbocycles. The molecule has 0 aromatic heterocycles. The number of carboxylic acid groups (broad SMARTS) is 1. The molecule has 0 aliphatic carbocycles. The lowest BCUT2D eigenvalue weighted by Gasteiger charge is -2.22. The van der Waals surface area contributed by atoms with Gasteiger partial charge in [-0.3, -0.25) is 14.9 Å². The van der Waals surface area contributed by atoms with Gasteiger partial charge in [0.05, 0.1) is 15.7 Å². The van der Waals surface area contributed by atoms with Gasteiger partial charge in [0.2, 0.25) is 10.0 Å². The Balaban J connectivity index is 1.94. The SMILES string of the molecule is O=C(O)C1CC2CCC1N2S(=O)(=O)c1ccc([N+](=O)[O-])cc1. The summed E-state index contributed by atoms with van der Waals surface area (Å²) in [6.45, 7) is 0. The van der Waals surface area contributed by atoms with Crippen molar-refractivity contribution in [2.45, 2.75) is 36.2 Å². The van der Waals surface area contributed by atoms with Crippen molar-refractivity contribution >= 4 is 21.7 Å². The summed E-state index contributed by atoms with van der Waals surface area (Å²) in [5.74, 6) is -1.65. The molecular formula is C13H14N2O6S. The molecule has 2 saturated heterocycles. The molecule has 2 aliphatic rings. The van der Waals surface area contributed by atoms with Crippen molar-refractivity contribution in [3.05, 3.63) is 34.4 Å². The molecule has 8 nitrogen and oxygen atoms in total. The maximum absolute atomic E-state index is 12.7. The van der Waals surface area contributed by atoms with Gasteiger partial charge in [0.25, 0.3) is 5.69 Å². The predicted molar refractivity (Wildman–Crippen MR) is 74.7 cm³/mol. The van der Waals surface area contributed by atoms with E-state index in [1.165, 1.54) is 16.4 Å². The van der Waals surface area contributed by atoms with Gasteiger partial charge in [-0.1, -0.05) is 0 Å². The van der Waals surface area contributed by atoms with Crippen LogP contribution in [-0.2, 0) is 14.8 Å². The standard InChI is InChI=1S/C13H14N2O6S/c16-13(17)11-7-9-3-6-12(11)14(9)22(20,21)10-4-1-8(2-5-10)15(18)19/h1-2,4-5,9,11-12H,3,6-7H2,(H,16,17). The summed E-state index contributed by atoms with van der Waals surface area (Å²) in [4.78, 5) is 21.2. The van der Waals surface area contributed by atoms with Crippen LogP contribution >= 0.6 is 0 Å². The number of nitro groups is 1. The van der Waals surface area contributed by atoms with Crippen LogP contribution in [0.15, 0.2) is 29.2 Å². The monoisotopic (exact) mass is 326 g/mol. The number of fused-ring (bicyclic) bond motifs is 2. The van der Waals surface area contributed by atoms with Gasteiger partial charge in [0.15, 0.2) is 0 Å². The fourth-order valence-corrected chi connectivity index (χ4v) is 5.36. The Labute approximate surface area is 126 Å². The van der Waals surface area contributed by atoms with Gasteiger partial charge in [-0.25, -0.2) is 8.42 Å². The minimum atomic E-state index is -3.84. The van der Waals surface area contributed by atoms with Crippen molar-refractivity contribution in [1.82, 2.24) is 4.31 Å².